The summed E-state index contributed by atoms with van der Waals surface area (Å²) < 4.78 is 0. The Labute approximate surface area is 115 Å². The van der Waals surface area contributed by atoms with Crippen LogP contribution in [0.4, 0.5) is 0 Å². The Morgan fingerprint density at radius 3 is 2.15 bits per heavy atom. The largest absolute Gasteiger partial charge is 0.480 e. The summed E-state index contributed by atoms with van der Waals surface area (Å²) in [5, 5.41) is 17.5. The molecule has 0 aliphatic carbocycles. The molecule has 108 valence electrons. The van der Waals surface area contributed by atoms with E-state index in [0.29, 0.717) is 6.42 Å². The maximum atomic E-state index is 12.2. The summed E-state index contributed by atoms with van der Waals surface area (Å²) in [6.07, 6.45) is 2.58. The van der Waals surface area contributed by atoms with Gasteiger partial charge in [-0.25, -0.2) is 14.8 Å². The predicted octanol–water partition coefficient (Wildman–Crippen LogP) is 0.500. The SMILES string of the molecule is CCC(C)N(CC(=O)O)C(=O)c1cnc(C(=O)O)cn1. The number of carbonyl (C=O) groups is 3. The standard InChI is InChI=1S/C12H15N3O5/c1-3-7(2)15(6-10(16)17)11(18)8-4-14-9(5-13-8)12(19)20/h4-5,7H,3,6H2,1-2H3,(H,16,17)(H,19,20). The van der Waals surface area contributed by atoms with Gasteiger partial charge in [0, 0.05) is 6.04 Å². The zero-order chi connectivity index (χ0) is 15.3. The van der Waals surface area contributed by atoms with E-state index in [0.717, 1.165) is 17.3 Å². The Morgan fingerprint density at radius 2 is 1.75 bits per heavy atom. The minimum atomic E-state index is -1.25. The summed E-state index contributed by atoms with van der Waals surface area (Å²) in [6, 6.07) is -0.278. The Kier molecular flexibility index (Phi) is 5.13. The molecular weight excluding hydrogens is 266 g/mol. The van der Waals surface area contributed by atoms with Crippen molar-refractivity contribution in [3.8, 4) is 0 Å². The second-order valence-electron chi connectivity index (χ2n) is 4.18. The number of hydrogen-bond donors (Lipinski definition) is 2. The van der Waals surface area contributed by atoms with E-state index in [2.05, 4.69) is 9.97 Å². The van der Waals surface area contributed by atoms with E-state index < -0.39 is 24.4 Å². The van der Waals surface area contributed by atoms with Gasteiger partial charge in [-0.05, 0) is 13.3 Å². The van der Waals surface area contributed by atoms with Crippen LogP contribution in [0.25, 0.3) is 0 Å². The minimum absolute atomic E-state index is 0.0865. The summed E-state index contributed by atoms with van der Waals surface area (Å²) in [5.74, 6) is -2.97. The zero-order valence-electron chi connectivity index (χ0n) is 11.1. The van der Waals surface area contributed by atoms with Crippen LogP contribution in [0.2, 0.25) is 0 Å². The van der Waals surface area contributed by atoms with E-state index in [1.165, 1.54) is 0 Å². The van der Waals surface area contributed by atoms with Gasteiger partial charge in [0.15, 0.2) is 5.69 Å². The molecule has 0 saturated heterocycles. The van der Waals surface area contributed by atoms with Crippen molar-refractivity contribution in [2.24, 2.45) is 0 Å². The molecule has 1 heterocycles. The number of aromatic carboxylic acids is 1. The number of carboxylic acid groups (broad SMARTS) is 2. The highest BCUT2D eigenvalue weighted by Gasteiger charge is 2.24. The van der Waals surface area contributed by atoms with E-state index in [1.54, 1.807) is 6.92 Å². The summed E-state index contributed by atoms with van der Waals surface area (Å²) in [5.41, 5.74) is -0.369. The first-order chi connectivity index (χ1) is 9.36. The molecule has 0 saturated carbocycles. The van der Waals surface area contributed by atoms with E-state index in [9.17, 15) is 14.4 Å². The number of hydrogen-bond acceptors (Lipinski definition) is 5. The topological polar surface area (TPSA) is 121 Å². The molecule has 0 fully saturated rings. The molecule has 0 aromatic carbocycles. The zero-order valence-corrected chi connectivity index (χ0v) is 11.1. The molecule has 0 aliphatic heterocycles. The van der Waals surface area contributed by atoms with Crippen molar-refractivity contribution in [1.29, 1.82) is 0 Å². The van der Waals surface area contributed by atoms with Gasteiger partial charge in [0.05, 0.1) is 12.4 Å². The fraction of sp³-hybridized carbons (Fsp3) is 0.417. The van der Waals surface area contributed by atoms with Gasteiger partial charge in [-0.15, -0.1) is 0 Å². The molecular formula is C12H15N3O5. The lowest BCUT2D eigenvalue weighted by atomic mass is 10.2. The molecule has 1 unspecified atom stereocenters. The third-order valence-corrected chi connectivity index (χ3v) is 2.78. The lowest BCUT2D eigenvalue weighted by Gasteiger charge is -2.26. The third kappa shape index (κ3) is 3.74. The molecule has 1 aromatic rings. The van der Waals surface area contributed by atoms with Crippen LogP contribution in [0.5, 0.6) is 0 Å². The Hall–Kier alpha value is -2.51. The van der Waals surface area contributed by atoms with Crippen LogP contribution in [0.1, 0.15) is 41.2 Å². The number of aliphatic carboxylic acids is 1. The molecule has 0 aliphatic rings. The van der Waals surface area contributed by atoms with Gasteiger partial charge in [0.2, 0.25) is 0 Å². The van der Waals surface area contributed by atoms with Gasteiger partial charge in [-0.3, -0.25) is 9.59 Å². The van der Waals surface area contributed by atoms with E-state index >= 15 is 0 Å². The highest BCUT2D eigenvalue weighted by Crippen LogP contribution is 2.09. The third-order valence-electron chi connectivity index (χ3n) is 2.78. The second-order valence-corrected chi connectivity index (χ2v) is 4.18. The number of aromatic nitrogens is 2. The van der Waals surface area contributed by atoms with Crippen molar-refractivity contribution in [1.82, 2.24) is 14.9 Å². The first kappa shape index (κ1) is 15.5. The van der Waals surface area contributed by atoms with Crippen LogP contribution < -0.4 is 0 Å². The van der Waals surface area contributed by atoms with Crippen LogP contribution >= 0.6 is 0 Å². The molecule has 1 rings (SSSR count). The number of carboxylic acids is 2. The first-order valence-corrected chi connectivity index (χ1v) is 5.94. The Morgan fingerprint density at radius 1 is 1.20 bits per heavy atom. The number of amides is 1. The molecule has 8 heteroatoms. The monoisotopic (exact) mass is 281 g/mol. The van der Waals surface area contributed by atoms with Crippen LogP contribution in [-0.4, -0.2) is 55.5 Å². The fourth-order valence-corrected chi connectivity index (χ4v) is 1.49. The summed E-state index contributed by atoms with van der Waals surface area (Å²) in [4.78, 5) is 42.1. The van der Waals surface area contributed by atoms with Crippen molar-refractivity contribution in [2.45, 2.75) is 26.3 Å². The molecule has 1 amide bonds. The minimum Gasteiger partial charge on any atom is -0.480 e. The highest BCUT2D eigenvalue weighted by atomic mass is 16.4. The lowest BCUT2D eigenvalue weighted by Crippen LogP contribution is -2.42. The molecule has 0 spiro atoms. The van der Waals surface area contributed by atoms with Gasteiger partial charge >= 0.3 is 11.9 Å². The maximum absolute atomic E-state index is 12.2. The first-order valence-electron chi connectivity index (χ1n) is 5.94. The van der Waals surface area contributed by atoms with Crippen molar-refractivity contribution in [3.05, 3.63) is 23.8 Å². The smallest absolute Gasteiger partial charge is 0.356 e. The van der Waals surface area contributed by atoms with E-state index in [-0.39, 0.29) is 17.4 Å². The molecule has 0 radical (unpaired) electrons. The molecule has 1 aromatic heterocycles. The molecule has 1 atom stereocenters. The Bertz CT molecular complexity index is 514. The summed E-state index contributed by atoms with van der Waals surface area (Å²) in [6.45, 7) is 3.10. The van der Waals surface area contributed by atoms with Crippen LogP contribution in [0.3, 0.4) is 0 Å². The van der Waals surface area contributed by atoms with Crippen LogP contribution in [0, 0.1) is 0 Å². The fourth-order valence-electron chi connectivity index (χ4n) is 1.49. The van der Waals surface area contributed by atoms with Crippen molar-refractivity contribution >= 4 is 17.8 Å². The summed E-state index contributed by atoms with van der Waals surface area (Å²) >= 11 is 0. The predicted molar refractivity (Wildman–Crippen MR) is 67.4 cm³/mol. The summed E-state index contributed by atoms with van der Waals surface area (Å²) in [7, 11) is 0. The van der Waals surface area contributed by atoms with Crippen LogP contribution in [0.15, 0.2) is 12.4 Å². The Balaban J connectivity index is 2.99. The van der Waals surface area contributed by atoms with Crippen LogP contribution in [-0.2, 0) is 4.79 Å². The maximum Gasteiger partial charge on any atom is 0.356 e. The average molecular weight is 281 g/mol. The van der Waals surface area contributed by atoms with Crippen molar-refractivity contribution in [2.75, 3.05) is 6.54 Å². The lowest BCUT2D eigenvalue weighted by molar-refractivity contribution is -0.138. The van der Waals surface area contributed by atoms with Gasteiger partial charge in [-0.1, -0.05) is 6.92 Å². The molecule has 20 heavy (non-hydrogen) atoms. The van der Waals surface area contributed by atoms with Gasteiger partial charge in [0.1, 0.15) is 12.2 Å². The quantitative estimate of drug-likeness (QED) is 0.778. The number of rotatable bonds is 6. The van der Waals surface area contributed by atoms with Crippen molar-refractivity contribution < 1.29 is 24.6 Å². The van der Waals surface area contributed by atoms with E-state index in [4.69, 9.17) is 10.2 Å². The highest BCUT2D eigenvalue weighted by molar-refractivity contribution is 5.94. The average Bonchev–Trinajstić information content (AvgIpc) is 2.43. The molecule has 8 nitrogen and oxygen atoms in total. The van der Waals surface area contributed by atoms with Gasteiger partial charge < -0.3 is 15.1 Å². The van der Waals surface area contributed by atoms with Gasteiger partial charge in [-0.2, -0.15) is 0 Å². The van der Waals surface area contributed by atoms with Gasteiger partial charge in [0.25, 0.3) is 5.91 Å². The number of nitrogens with zero attached hydrogens (tertiary/aromatic N) is 3. The van der Waals surface area contributed by atoms with Crippen molar-refractivity contribution in [3.63, 3.8) is 0 Å². The van der Waals surface area contributed by atoms with E-state index in [1.807, 2.05) is 6.92 Å². The molecule has 2 N–H and O–H groups in total. The normalized spacial score (nSPS) is 11.7. The molecule has 0 bridgehead atoms. The second kappa shape index (κ2) is 6.60. The number of carbonyl (C=O) groups excluding carboxylic acids is 1.